The first kappa shape index (κ1) is 13.4. The van der Waals surface area contributed by atoms with E-state index in [1.54, 1.807) is 0 Å². The fourth-order valence-electron chi connectivity index (χ4n) is 1.39. The molecule has 0 bridgehead atoms. The molecule has 2 N–H and O–H groups in total. The Morgan fingerprint density at radius 1 is 1.47 bits per heavy atom. The Labute approximate surface area is 114 Å². The Morgan fingerprint density at radius 3 is 2.79 bits per heavy atom. The van der Waals surface area contributed by atoms with Crippen LogP contribution in [0.2, 0.25) is 0 Å². The van der Waals surface area contributed by atoms with Crippen molar-refractivity contribution in [3.8, 4) is 0 Å². The van der Waals surface area contributed by atoms with Crippen LogP contribution in [0.25, 0.3) is 0 Å². The standard InChI is InChI=1S/C12H13N3O3S/c1-6-7(2)18-12(15-6)19-10-9(13)8(4-5-14-10)11(16)17-3/h4-5H,13H2,1-3H3. The number of nitrogen functional groups attached to an aromatic ring is 1. The molecule has 0 unspecified atom stereocenters. The minimum Gasteiger partial charge on any atom is -0.465 e. The Morgan fingerprint density at radius 2 is 2.21 bits per heavy atom. The molecule has 0 radical (unpaired) electrons. The largest absolute Gasteiger partial charge is 0.465 e. The van der Waals surface area contributed by atoms with Crippen LogP contribution in [0.4, 0.5) is 5.69 Å². The van der Waals surface area contributed by atoms with Crippen molar-refractivity contribution in [2.45, 2.75) is 24.1 Å². The van der Waals surface area contributed by atoms with Gasteiger partial charge in [-0.2, -0.15) is 0 Å². The summed E-state index contributed by atoms with van der Waals surface area (Å²) < 4.78 is 10.1. The highest BCUT2D eigenvalue weighted by Crippen LogP contribution is 2.32. The van der Waals surface area contributed by atoms with E-state index in [-0.39, 0.29) is 11.3 Å². The summed E-state index contributed by atoms with van der Waals surface area (Å²) in [7, 11) is 1.30. The maximum absolute atomic E-state index is 11.5. The highest BCUT2D eigenvalue weighted by Gasteiger charge is 2.17. The van der Waals surface area contributed by atoms with Gasteiger partial charge in [-0.3, -0.25) is 0 Å². The number of nitrogens with two attached hydrogens (primary N) is 1. The predicted molar refractivity (Wildman–Crippen MR) is 70.1 cm³/mol. The molecule has 0 aliphatic heterocycles. The Bertz CT molecular complexity index is 605. The maximum atomic E-state index is 11.5. The van der Waals surface area contributed by atoms with Gasteiger partial charge < -0.3 is 14.9 Å². The molecular formula is C12H13N3O3S. The van der Waals surface area contributed by atoms with E-state index in [9.17, 15) is 4.79 Å². The minimum atomic E-state index is -0.499. The van der Waals surface area contributed by atoms with Crippen LogP contribution < -0.4 is 5.73 Å². The van der Waals surface area contributed by atoms with Crippen LogP contribution in [0, 0.1) is 13.8 Å². The molecule has 2 aromatic rings. The molecule has 2 rings (SSSR count). The number of oxazole rings is 1. The van der Waals surface area contributed by atoms with E-state index >= 15 is 0 Å². The molecule has 19 heavy (non-hydrogen) atoms. The van der Waals surface area contributed by atoms with E-state index in [0.29, 0.717) is 10.2 Å². The number of rotatable bonds is 3. The molecule has 0 aliphatic carbocycles. The van der Waals surface area contributed by atoms with Crippen LogP contribution >= 0.6 is 11.8 Å². The molecule has 7 heteroatoms. The summed E-state index contributed by atoms with van der Waals surface area (Å²) in [6.07, 6.45) is 1.49. The van der Waals surface area contributed by atoms with Crippen LogP contribution in [-0.2, 0) is 4.74 Å². The Hall–Kier alpha value is -2.02. The van der Waals surface area contributed by atoms with Gasteiger partial charge in [0.2, 0.25) is 0 Å². The van der Waals surface area contributed by atoms with E-state index in [2.05, 4.69) is 14.7 Å². The zero-order valence-electron chi connectivity index (χ0n) is 10.8. The van der Waals surface area contributed by atoms with Crippen molar-refractivity contribution in [1.29, 1.82) is 0 Å². The van der Waals surface area contributed by atoms with E-state index in [0.717, 1.165) is 11.5 Å². The SMILES string of the molecule is COC(=O)c1ccnc(Sc2nc(C)c(C)o2)c1N. The summed E-state index contributed by atoms with van der Waals surface area (Å²) in [6, 6.07) is 1.51. The summed E-state index contributed by atoms with van der Waals surface area (Å²) in [6.45, 7) is 3.68. The molecule has 2 heterocycles. The van der Waals surface area contributed by atoms with Crippen LogP contribution in [0.3, 0.4) is 0 Å². The summed E-state index contributed by atoms with van der Waals surface area (Å²) in [5.41, 5.74) is 7.24. The second-order valence-electron chi connectivity index (χ2n) is 3.79. The highest BCUT2D eigenvalue weighted by molar-refractivity contribution is 7.99. The van der Waals surface area contributed by atoms with Crippen LogP contribution in [0.15, 0.2) is 26.9 Å². The van der Waals surface area contributed by atoms with Gasteiger partial charge in [-0.1, -0.05) is 0 Å². The predicted octanol–water partition coefficient (Wildman–Crippen LogP) is 2.21. The van der Waals surface area contributed by atoms with Crippen molar-refractivity contribution in [3.63, 3.8) is 0 Å². The first-order chi connectivity index (χ1) is 9.02. The number of anilines is 1. The van der Waals surface area contributed by atoms with Crippen molar-refractivity contribution in [1.82, 2.24) is 9.97 Å². The number of aromatic nitrogens is 2. The van der Waals surface area contributed by atoms with Crippen molar-refractivity contribution >= 4 is 23.4 Å². The molecule has 0 atom stereocenters. The van der Waals surface area contributed by atoms with Gasteiger partial charge in [0.1, 0.15) is 10.8 Å². The molecule has 0 spiro atoms. The third-order valence-electron chi connectivity index (χ3n) is 2.55. The summed E-state index contributed by atoms with van der Waals surface area (Å²) in [5, 5.41) is 0.903. The minimum absolute atomic E-state index is 0.257. The number of carbonyl (C=O) groups excluding carboxylic acids is 1. The molecule has 0 fully saturated rings. The molecule has 0 amide bonds. The number of esters is 1. The number of hydrogen-bond donors (Lipinski definition) is 1. The van der Waals surface area contributed by atoms with E-state index in [1.165, 1.54) is 31.1 Å². The van der Waals surface area contributed by atoms with Gasteiger partial charge in [0.05, 0.1) is 24.1 Å². The Balaban J connectivity index is 2.33. The van der Waals surface area contributed by atoms with Crippen molar-refractivity contribution in [3.05, 3.63) is 29.3 Å². The third kappa shape index (κ3) is 2.70. The lowest BCUT2D eigenvalue weighted by Gasteiger charge is -2.06. The average molecular weight is 279 g/mol. The first-order valence-electron chi connectivity index (χ1n) is 5.47. The van der Waals surface area contributed by atoms with Crippen LogP contribution in [0.1, 0.15) is 21.8 Å². The molecule has 0 aromatic carbocycles. The number of pyridine rings is 1. The molecule has 0 aliphatic rings. The normalized spacial score (nSPS) is 10.5. The number of aryl methyl sites for hydroxylation is 2. The molecule has 0 saturated heterocycles. The molecular weight excluding hydrogens is 266 g/mol. The first-order valence-corrected chi connectivity index (χ1v) is 6.29. The number of methoxy groups -OCH3 is 1. The molecule has 6 nitrogen and oxygen atoms in total. The molecule has 2 aromatic heterocycles. The fraction of sp³-hybridized carbons (Fsp3) is 0.250. The van der Waals surface area contributed by atoms with Gasteiger partial charge in [-0.25, -0.2) is 14.8 Å². The van der Waals surface area contributed by atoms with Crippen LogP contribution in [-0.4, -0.2) is 23.0 Å². The summed E-state index contributed by atoms with van der Waals surface area (Å²) in [5.74, 6) is 0.242. The van der Waals surface area contributed by atoms with Gasteiger partial charge in [-0.05, 0) is 31.7 Å². The van der Waals surface area contributed by atoms with Gasteiger partial charge in [0.25, 0.3) is 5.22 Å². The number of hydrogen-bond acceptors (Lipinski definition) is 7. The van der Waals surface area contributed by atoms with Crippen molar-refractivity contribution < 1.29 is 13.9 Å². The second-order valence-corrected chi connectivity index (χ2v) is 4.73. The monoisotopic (exact) mass is 279 g/mol. The zero-order valence-corrected chi connectivity index (χ0v) is 11.6. The second kappa shape index (κ2) is 5.31. The van der Waals surface area contributed by atoms with E-state index in [4.69, 9.17) is 10.2 Å². The topological polar surface area (TPSA) is 91.2 Å². The van der Waals surface area contributed by atoms with Gasteiger partial charge in [0, 0.05) is 6.20 Å². The summed E-state index contributed by atoms with van der Waals surface area (Å²) >= 11 is 1.17. The van der Waals surface area contributed by atoms with Crippen molar-refractivity contribution in [2.75, 3.05) is 12.8 Å². The zero-order chi connectivity index (χ0) is 14.0. The highest BCUT2D eigenvalue weighted by atomic mass is 32.2. The number of nitrogens with zero attached hydrogens (tertiary/aromatic N) is 2. The van der Waals surface area contributed by atoms with E-state index in [1.807, 2.05) is 13.8 Å². The van der Waals surface area contributed by atoms with Crippen LogP contribution in [0.5, 0.6) is 0 Å². The Kier molecular flexibility index (Phi) is 3.75. The lowest BCUT2D eigenvalue weighted by Crippen LogP contribution is -2.07. The van der Waals surface area contributed by atoms with Crippen molar-refractivity contribution in [2.24, 2.45) is 0 Å². The van der Waals surface area contributed by atoms with Gasteiger partial charge >= 0.3 is 5.97 Å². The lowest BCUT2D eigenvalue weighted by molar-refractivity contribution is 0.0601. The quantitative estimate of drug-likeness (QED) is 0.861. The third-order valence-corrected chi connectivity index (χ3v) is 3.42. The average Bonchev–Trinajstić information content (AvgIpc) is 2.70. The fourth-order valence-corrected chi connectivity index (χ4v) is 2.24. The number of carbonyl (C=O) groups is 1. The lowest BCUT2D eigenvalue weighted by atomic mass is 10.2. The number of ether oxygens (including phenoxy) is 1. The van der Waals surface area contributed by atoms with E-state index < -0.39 is 5.97 Å². The smallest absolute Gasteiger partial charge is 0.340 e. The summed E-state index contributed by atoms with van der Waals surface area (Å²) in [4.78, 5) is 19.9. The molecule has 0 saturated carbocycles. The van der Waals surface area contributed by atoms with Gasteiger partial charge in [-0.15, -0.1) is 0 Å². The maximum Gasteiger partial charge on any atom is 0.340 e. The molecule has 100 valence electrons. The van der Waals surface area contributed by atoms with Gasteiger partial charge in [0.15, 0.2) is 0 Å².